The van der Waals surface area contributed by atoms with Crippen LogP contribution < -0.4 is 56.9 Å². The van der Waals surface area contributed by atoms with Crippen LogP contribution in [0.25, 0.3) is 0 Å². The minimum atomic E-state index is -0.926. The molecule has 0 unspecified atom stereocenters. The van der Waals surface area contributed by atoms with Crippen molar-refractivity contribution in [3.8, 4) is 0 Å². The molecule has 0 aliphatic rings. The van der Waals surface area contributed by atoms with Crippen LogP contribution in [0.1, 0.15) is 10.4 Å². The number of nitro groups is 1. The van der Waals surface area contributed by atoms with Gasteiger partial charge in [-0.2, -0.15) is 0 Å². The fourth-order valence-electron chi connectivity index (χ4n) is 0.857. The molecule has 0 aliphatic carbocycles. The summed E-state index contributed by atoms with van der Waals surface area (Å²) in [5.41, 5.74) is 0.799. The Kier molecular flexibility index (Phi) is 6.53. The summed E-state index contributed by atoms with van der Waals surface area (Å²) in [6.45, 7) is 0. The van der Waals surface area contributed by atoms with Gasteiger partial charge in [0.1, 0.15) is 0 Å². The Hall–Kier alpha value is -0.0236. The van der Waals surface area contributed by atoms with E-state index in [1.165, 1.54) is 0 Å². The summed E-state index contributed by atoms with van der Waals surface area (Å²) in [6, 6.07) is 3.22. The number of nitrogens with zero attached hydrogens (tertiary/aromatic N) is 1. The number of rotatable bonds is 2. The molecular formula is C7H4ClKN2O4. The Morgan fingerprint density at radius 3 is 2.47 bits per heavy atom. The van der Waals surface area contributed by atoms with Crippen molar-refractivity contribution in [3.05, 3.63) is 44.1 Å². The van der Waals surface area contributed by atoms with Crippen LogP contribution in [0.5, 0.6) is 0 Å². The maximum Gasteiger partial charge on any atom is 1.00 e. The standard InChI is InChI=1S/C7H4ClN2O4.K/c8-6-3-4(10(13)14)1-2-5(6)7(11)9-12;/h1-3H,(H-,9,11,12);/q-1;+1. The van der Waals surface area contributed by atoms with E-state index >= 15 is 0 Å². The van der Waals surface area contributed by atoms with Crippen molar-refractivity contribution < 1.29 is 61.1 Å². The number of carbonyl (C=O) groups is 1. The summed E-state index contributed by atoms with van der Waals surface area (Å²) < 4.78 is 0. The number of non-ortho nitro benzene ring substituents is 1. The van der Waals surface area contributed by atoms with Gasteiger partial charge in [0.15, 0.2) is 0 Å². The van der Waals surface area contributed by atoms with Crippen molar-refractivity contribution in [3.63, 3.8) is 0 Å². The molecule has 0 fully saturated rings. The third-order valence-corrected chi connectivity index (χ3v) is 1.81. The minimum Gasteiger partial charge on any atom is -0.759 e. The fraction of sp³-hybridized carbons (Fsp3) is 0. The first kappa shape index (κ1) is 15.0. The molecule has 1 aromatic carbocycles. The smallest absolute Gasteiger partial charge is 0.759 e. The summed E-state index contributed by atoms with van der Waals surface area (Å²) in [5.74, 6) is -0.926. The molecule has 0 aromatic heterocycles. The number of carbonyl (C=O) groups excluding carboxylic acids is 1. The summed E-state index contributed by atoms with van der Waals surface area (Å²) >= 11 is 5.54. The van der Waals surface area contributed by atoms with Gasteiger partial charge in [0.2, 0.25) is 5.91 Å². The van der Waals surface area contributed by atoms with Gasteiger partial charge >= 0.3 is 51.4 Å². The molecule has 0 saturated heterocycles. The molecule has 0 atom stereocenters. The van der Waals surface area contributed by atoms with Crippen LogP contribution >= 0.6 is 11.6 Å². The normalized spacial score (nSPS) is 8.93. The van der Waals surface area contributed by atoms with Crippen LogP contribution in [-0.4, -0.2) is 10.8 Å². The third kappa shape index (κ3) is 3.80. The second kappa shape index (κ2) is 6.54. The minimum absolute atomic E-state index is 0. The van der Waals surface area contributed by atoms with Crippen molar-refractivity contribution >= 4 is 23.2 Å². The third-order valence-electron chi connectivity index (χ3n) is 1.50. The number of hydrogen-bond donors (Lipinski definition) is 1. The van der Waals surface area contributed by atoms with Crippen LogP contribution in [0, 0.1) is 15.3 Å². The van der Waals surface area contributed by atoms with Crippen molar-refractivity contribution in [1.82, 2.24) is 5.48 Å². The molecule has 0 aliphatic heterocycles. The van der Waals surface area contributed by atoms with Crippen molar-refractivity contribution in [2.24, 2.45) is 0 Å². The van der Waals surface area contributed by atoms with Crippen LogP contribution in [0.2, 0.25) is 5.02 Å². The summed E-state index contributed by atoms with van der Waals surface area (Å²) in [4.78, 5) is 20.5. The van der Waals surface area contributed by atoms with Crippen LogP contribution in [0.15, 0.2) is 18.2 Å². The Morgan fingerprint density at radius 1 is 1.47 bits per heavy atom. The zero-order chi connectivity index (χ0) is 10.7. The van der Waals surface area contributed by atoms with Crippen LogP contribution in [-0.2, 0) is 0 Å². The molecule has 15 heavy (non-hydrogen) atoms. The molecule has 0 bridgehead atoms. The zero-order valence-electron chi connectivity index (χ0n) is 7.69. The van der Waals surface area contributed by atoms with E-state index in [2.05, 4.69) is 0 Å². The van der Waals surface area contributed by atoms with Gasteiger partial charge in [0.05, 0.1) is 15.5 Å². The van der Waals surface area contributed by atoms with Crippen molar-refractivity contribution in [2.75, 3.05) is 0 Å². The molecule has 1 aromatic rings. The van der Waals surface area contributed by atoms with Gasteiger partial charge < -0.3 is 10.7 Å². The molecule has 0 saturated carbocycles. The molecule has 1 amide bonds. The quantitative estimate of drug-likeness (QED) is 0.394. The van der Waals surface area contributed by atoms with Crippen LogP contribution in [0.4, 0.5) is 5.69 Å². The van der Waals surface area contributed by atoms with E-state index in [4.69, 9.17) is 11.6 Å². The second-order valence-corrected chi connectivity index (χ2v) is 2.76. The molecular weight excluding hydrogens is 251 g/mol. The molecule has 8 heteroatoms. The summed E-state index contributed by atoms with van der Waals surface area (Å²) in [6.07, 6.45) is 0. The van der Waals surface area contributed by atoms with Gasteiger partial charge in [-0.05, 0) is 6.07 Å². The monoisotopic (exact) mass is 254 g/mol. The van der Waals surface area contributed by atoms with Gasteiger partial charge in [-0.15, -0.1) is 0 Å². The molecule has 0 spiro atoms. The first-order valence-corrected chi connectivity index (χ1v) is 3.80. The number of nitrogens with one attached hydrogen (secondary N) is 1. The Labute approximate surface area is 132 Å². The van der Waals surface area contributed by atoms with Crippen LogP contribution in [0.3, 0.4) is 0 Å². The molecule has 1 rings (SSSR count). The predicted octanol–water partition coefficient (Wildman–Crippen LogP) is -1.52. The largest absolute Gasteiger partial charge is 1.00 e. The first-order chi connectivity index (χ1) is 6.56. The van der Waals surface area contributed by atoms with Gasteiger partial charge in [-0.1, -0.05) is 11.6 Å². The number of hydrogen-bond acceptors (Lipinski definition) is 4. The van der Waals surface area contributed by atoms with E-state index in [1.807, 2.05) is 0 Å². The number of amides is 1. The maximum atomic E-state index is 10.8. The van der Waals surface area contributed by atoms with Crippen molar-refractivity contribution in [2.45, 2.75) is 0 Å². The Morgan fingerprint density at radius 2 is 2.07 bits per heavy atom. The molecule has 0 radical (unpaired) electrons. The van der Waals surface area contributed by atoms with Gasteiger partial charge in [0.25, 0.3) is 5.69 Å². The number of benzene rings is 1. The molecule has 1 N–H and O–H groups in total. The van der Waals surface area contributed by atoms with E-state index in [0.29, 0.717) is 0 Å². The summed E-state index contributed by atoms with van der Waals surface area (Å²) in [5, 5.41) is 20.2. The Bertz CT molecular complexity index is 399. The average Bonchev–Trinajstić information content (AvgIpc) is 2.16. The fourth-order valence-corrected chi connectivity index (χ4v) is 1.12. The number of halogens is 1. The van der Waals surface area contributed by atoms with E-state index in [-0.39, 0.29) is 67.7 Å². The Balaban J connectivity index is 0.00000196. The maximum absolute atomic E-state index is 10.8. The molecule has 6 nitrogen and oxygen atoms in total. The predicted molar refractivity (Wildman–Crippen MR) is 48.9 cm³/mol. The molecule has 74 valence electrons. The van der Waals surface area contributed by atoms with E-state index in [9.17, 15) is 20.1 Å². The number of hydroxylamine groups is 1. The van der Waals surface area contributed by atoms with Gasteiger partial charge in [-0.3, -0.25) is 14.9 Å². The topological polar surface area (TPSA) is 95.3 Å². The van der Waals surface area contributed by atoms with Gasteiger partial charge in [-0.25, -0.2) is 0 Å². The van der Waals surface area contributed by atoms with E-state index in [0.717, 1.165) is 23.7 Å². The van der Waals surface area contributed by atoms with E-state index < -0.39 is 10.8 Å². The summed E-state index contributed by atoms with van der Waals surface area (Å²) in [7, 11) is 0. The first-order valence-electron chi connectivity index (χ1n) is 3.42. The zero-order valence-corrected chi connectivity index (χ0v) is 11.6. The number of nitro benzene ring substituents is 1. The SMILES string of the molecule is O=C(N[O-])c1ccc([N+](=O)[O-])cc1Cl.[K+]. The second-order valence-electron chi connectivity index (χ2n) is 2.35. The molecule has 0 heterocycles. The van der Waals surface area contributed by atoms with Gasteiger partial charge in [0, 0.05) is 12.1 Å². The average molecular weight is 255 g/mol. The van der Waals surface area contributed by atoms with E-state index in [1.54, 1.807) is 0 Å². The van der Waals surface area contributed by atoms with Crippen molar-refractivity contribution in [1.29, 1.82) is 0 Å².